The van der Waals surface area contributed by atoms with E-state index in [0.717, 1.165) is 57.7 Å². The van der Waals surface area contributed by atoms with E-state index in [1.807, 2.05) is 27.8 Å². The number of guanidine groups is 1. The molecule has 2 rings (SSSR count). The number of nitrogens with one attached hydrogen (secondary N) is 2. The zero-order valence-electron chi connectivity index (χ0n) is 20.6. The summed E-state index contributed by atoms with van der Waals surface area (Å²) >= 11 is 0. The lowest BCUT2D eigenvalue weighted by Crippen LogP contribution is -2.47. The number of piperidine rings is 1. The van der Waals surface area contributed by atoms with Gasteiger partial charge in [-0.25, -0.2) is 4.79 Å². The molecular formula is C25H42N4O3. The van der Waals surface area contributed by atoms with Gasteiger partial charge in [-0.15, -0.1) is 0 Å². The van der Waals surface area contributed by atoms with Crippen LogP contribution in [0.3, 0.4) is 0 Å². The minimum Gasteiger partial charge on any atom is -0.444 e. The van der Waals surface area contributed by atoms with E-state index in [-0.39, 0.29) is 12.2 Å². The zero-order chi connectivity index (χ0) is 23.4. The number of rotatable bonds is 9. The molecule has 1 aliphatic rings. The van der Waals surface area contributed by atoms with Gasteiger partial charge in [0.25, 0.3) is 0 Å². The van der Waals surface area contributed by atoms with Gasteiger partial charge >= 0.3 is 6.09 Å². The third-order valence-corrected chi connectivity index (χ3v) is 5.42. The monoisotopic (exact) mass is 446 g/mol. The molecule has 1 aliphatic heterocycles. The van der Waals surface area contributed by atoms with Crippen LogP contribution in [0.5, 0.6) is 0 Å². The Bertz CT molecular complexity index is 705. The maximum atomic E-state index is 11.6. The van der Waals surface area contributed by atoms with Gasteiger partial charge in [0.2, 0.25) is 0 Å². The first kappa shape index (κ1) is 26.0. The standard InChI is InChI=1S/C25H42N4O3/c1-6-20-8-10-21(11-9-20)12-16-27-23(26-5)29-17-13-22(14-18-29)31-19-7-15-28-24(30)32-25(2,3)4/h8-11,22H,6-7,12-19H2,1-5H3,(H,26,27)(H,28,30). The molecule has 1 heterocycles. The highest BCUT2D eigenvalue weighted by Crippen LogP contribution is 2.14. The largest absolute Gasteiger partial charge is 0.444 e. The van der Waals surface area contributed by atoms with Crippen molar-refractivity contribution in [1.82, 2.24) is 15.5 Å². The summed E-state index contributed by atoms with van der Waals surface area (Å²) in [5, 5.41) is 6.27. The van der Waals surface area contributed by atoms with E-state index in [1.54, 1.807) is 0 Å². The Balaban J connectivity index is 1.58. The van der Waals surface area contributed by atoms with Crippen LogP contribution in [-0.2, 0) is 22.3 Å². The van der Waals surface area contributed by atoms with Gasteiger partial charge in [0.1, 0.15) is 5.60 Å². The SMILES string of the molecule is CCc1ccc(CCNC(=NC)N2CCC(OCCCNC(=O)OC(C)(C)C)CC2)cc1. The second-order valence-electron chi connectivity index (χ2n) is 9.23. The Morgan fingerprint density at radius 2 is 1.75 bits per heavy atom. The fourth-order valence-electron chi connectivity index (χ4n) is 3.65. The second kappa shape index (κ2) is 13.3. The summed E-state index contributed by atoms with van der Waals surface area (Å²) in [5.41, 5.74) is 2.25. The molecule has 1 saturated heterocycles. The molecule has 7 nitrogen and oxygen atoms in total. The van der Waals surface area contributed by atoms with Crippen molar-refractivity contribution in [3.63, 3.8) is 0 Å². The number of nitrogens with zero attached hydrogens (tertiary/aromatic N) is 2. The highest BCUT2D eigenvalue weighted by atomic mass is 16.6. The smallest absolute Gasteiger partial charge is 0.407 e. The molecule has 0 radical (unpaired) electrons. The fourth-order valence-corrected chi connectivity index (χ4v) is 3.65. The molecule has 180 valence electrons. The molecule has 0 bridgehead atoms. The maximum absolute atomic E-state index is 11.6. The maximum Gasteiger partial charge on any atom is 0.407 e. The van der Waals surface area contributed by atoms with E-state index in [0.29, 0.717) is 13.2 Å². The number of likely N-dealkylation sites (tertiary alicyclic amines) is 1. The number of hydrogen-bond acceptors (Lipinski definition) is 4. The summed E-state index contributed by atoms with van der Waals surface area (Å²) in [6.07, 6.45) is 4.71. The number of carbonyl (C=O) groups excluding carboxylic acids is 1. The number of amides is 1. The van der Waals surface area contributed by atoms with E-state index in [4.69, 9.17) is 9.47 Å². The molecule has 1 fully saturated rings. The predicted molar refractivity (Wildman–Crippen MR) is 130 cm³/mol. The Morgan fingerprint density at radius 3 is 2.34 bits per heavy atom. The van der Waals surface area contributed by atoms with Gasteiger partial charge in [-0.1, -0.05) is 31.2 Å². The van der Waals surface area contributed by atoms with Crippen LogP contribution in [0.4, 0.5) is 4.79 Å². The summed E-state index contributed by atoms with van der Waals surface area (Å²) in [4.78, 5) is 18.4. The number of carbonyl (C=O) groups is 1. The third kappa shape index (κ3) is 9.90. The van der Waals surface area contributed by atoms with Gasteiger partial charge in [0.05, 0.1) is 6.10 Å². The van der Waals surface area contributed by atoms with Crippen LogP contribution in [0.2, 0.25) is 0 Å². The highest BCUT2D eigenvalue weighted by Gasteiger charge is 2.22. The molecule has 1 aromatic carbocycles. The topological polar surface area (TPSA) is 75.2 Å². The van der Waals surface area contributed by atoms with Crippen molar-refractivity contribution in [2.24, 2.45) is 4.99 Å². The Labute approximate surface area is 194 Å². The van der Waals surface area contributed by atoms with Crippen molar-refractivity contribution in [3.8, 4) is 0 Å². The third-order valence-electron chi connectivity index (χ3n) is 5.42. The summed E-state index contributed by atoms with van der Waals surface area (Å²) in [6, 6.07) is 8.86. The Hall–Kier alpha value is -2.28. The van der Waals surface area contributed by atoms with Crippen LogP contribution in [0, 0.1) is 0 Å². The average Bonchev–Trinajstić information content (AvgIpc) is 2.76. The van der Waals surface area contributed by atoms with E-state index in [1.165, 1.54) is 11.1 Å². The van der Waals surface area contributed by atoms with Crippen LogP contribution in [0.25, 0.3) is 0 Å². The molecule has 0 saturated carbocycles. The number of aliphatic imine (C=N–C) groups is 1. The number of benzene rings is 1. The van der Waals surface area contributed by atoms with Gasteiger partial charge in [-0.2, -0.15) is 0 Å². The molecule has 32 heavy (non-hydrogen) atoms. The van der Waals surface area contributed by atoms with Crippen molar-refractivity contribution >= 4 is 12.1 Å². The normalized spacial score (nSPS) is 15.5. The lowest BCUT2D eigenvalue weighted by molar-refractivity contribution is 0.0170. The first-order valence-electron chi connectivity index (χ1n) is 11.9. The summed E-state index contributed by atoms with van der Waals surface area (Å²) < 4.78 is 11.2. The van der Waals surface area contributed by atoms with Crippen molar-refractivity contribution in [3.05, 3.63) is 35.4 Å². The number of hydrogen-bond donors (Lipinski definition) is 2. The fraction of sp³-hybridized carbons (Fsp3) is 0.680. The van der Waals surface area contributed by atoms with Gasteiger partial charge in [0, 0.05) is 39.8 Å². The first-order valence-corrected chi connectivity index (χ1v) is 11.9. The molecule has 7 heteroatoms. The van der Waals surface area contributed by atoms with E-state index in [2.05, 4.69) is 51.7 Å². The minimum atomic E-state index is -0.468. The molecule has 1 amide bonds. The van der Waals surface area contributed by atoms with Crippen molar-refractivity contribution in [2.75, 3.05) is 39.8 Å². The molecule has 0 aromatic heterocycles. The predicted octanol–water partition coefficient (Wildman–Crippen LogP) is 3.76. The van der Waals surface area contributed by atoms with Gasteiger partial charge in [0.15, 0.2) is 5.96 Å². The number of alkyl carbamates (subject to hydrolysis) is 1. The van der Waals surface area contributed by atoms with E-state index < -0.39 is 5.60 Å². The molecule has 2 N–H and O–H groups in total. The van der Waals surface area contributed by atoms with Crippen LogP contribution >= 0.6 is 0 Å². The molecule has 0 spiro atoms. The van der Waals surface area contributed by atoms with Crippen LogP contribution in [0.15, 0.2) is 29.3 Å². The summed E-state index contributed by atoms with van der Waals surface area (Å²) in [7, 11) is 1.85. The van der Waals surface area contributed by atoms with Gasteiger partial charge in [-0.3, -0.25) is 4.99 Å². The van der Waals surface area contributed by atoms with Crippen molar-refractivity contribution in [2.45, 2.75) is 71.5 Å². The highest BCUT2D eigenvalue weighted by molar-refractivity contribution is 5.80. The molecule has 0 unspecified atom stereocenters. The van der Waals surface area contributed by atoms with E-state index in [9.17, 15) is 4.79 Å². The van der Waals surface area contributed by atoms with Crippen LogP contribution in [-0.4, -0.2) is 68.5 Å². The van der Waals surface area contributed by atoms with Crippen molar-refractivity contribution < 1.29 is 14.3 Å². The zero-order valence-corrected chi connectivity index (χ0v) is 20.6. The average molecular weight is 447 g/mol. The lowest BCUT2D eigenvalue weighted by atomic mass is 10.1. The number of aryl methyl sites for hydroxylation is 1. The Kier molecular flexibility index (Phi) is 10.8. The quantitative estimate of drug-likeness (QED) is 0.343. The second-order valence-corrected chi connectivity index (χ2v) is 9.23. The van der Waals surface area contributed by atoms with Gasteiger partial charge < -0.3 is 25.0 Å². The first-order chi connectivity index (χ1) is 15.3. The number of ether oxygens (including phenoxy) is 2. The van der Waals surface area contributed by atoms with Crippen molar-refractivity contribution in [1.29, 1.82) is 0 Å². The minimum absolute atomic E-state index is 0.267. The summed E-state index contributed by atoms with van der Waals surface area (Å²) in [6.45, 7) is 11.7. The molecule has 0 aliphatic carbocycles. The molecular weight excluding hydrogens is 404 g/mol. The Morgan fingerprint density at radius 1 is 1.09 bits per heavy atom. The lowest BCUT2D eigenvalue weighted by Gasteiger charge is -2.34. The summed E-state index contributed by atoms with van der Waals surface area (Å²) in [5.74, 6) is 0.968. The van der Waals surface area contributed by atoms with Gasteiger partial charge in [-0.05, 0) is 64.0 Å². The molecule has 1 aromatic rings. The van der Waals surface area contributed by atoms with Crippen LogP contribution in [0.1, 0.15) is 58.1 Å². The molecule has 0 atom stereocenters. The van der Waals surface area contributed by atoms with E-state index >= 15 is 0 Å². The van der Waals surface area contributed by atoms with Crippen LogP contribution < -0.4 is 10.6 Å².